The van der Waals surface area contributed by atoms with E-state index in [9.17, 15) is 29.7 Å². The molecule has 0 aliphatic heterocycles. The number of benzene rings is 3. The molecule has 6 N–H and O–H groups in total. The first-order valence-electron chi connectivity index (χ1n) is 18.6. The molecule has 0 saturated carbocycles. The van der Waals surface area contributed by atoms with Gasteiger partial charge in [0.1, 0.15) is 18.3 Å². The molecule has 6 atom stereocenters. The minimum Gasteiger partial charge on any atom is -0.444 e. The molecule has 308 valence electrons. The van der Waals surface area contributed by atoms with E-state index >= 15 is 0 Å². The third kappa shape index (κ3) is 18.7. The molecule has 3 aromatic rings. The summed E-state index contributed by atoms with van der Waals surface area (Å²) in [4.78, 5) is 37.7. The van der Waals surface area contributed by atoms with E-state index in [1.165, 1.54) is 0 Å². The second-order valence-corrected chi connectivity index (χ2v) is 13.9. The molecule has 0 spiro atoms. The topological polar surface area (TPSA) is 203 Å². The molecule has 0 saturated heterocycles. The Morgan fingerprint density at radius 3 is 1.23 bits per heavy atom. The zero-order valence-corrected chi connectivity index (χ0v) is 33.0. The Hall–Kier alpha value is -4.77. The molecule has 0 radical (unpaired) electrons. The van der Waals surface area contributed by atoms with Crippen LogP contribution in [-0.2, 0) is 41.3 Å². The summed E-state index contributed by atoms with van der Waals surface area (Å²) in [6.07, 6.45) is -4.37. The first-order valence-corrected chi connectivity index (χ1v) is 18.6. The number of aliphatic hydroxyl groups excluding tert-OH is 3. The zero-order chi connectivity index (χ0) is 41.0. The summed E-state index contributed by atoms with van der Waals surface area (Å²) in [6.45, 7) is 10.8. The van der Waals surface area contributed by atoms with E-state index in [2.05, 4.69) is 16.0 Å². The van der Waals surface area contributed by atoms with E-state index in [-0.39, 0.29) is 39.6 Å². The van der Waals surface area contributed by atoms with Crippen LogP contribution in [-0.4, -0.2) is 110 Å². The van der Waals surface area contributed by atoms with Crippen molar-refractivity contribution in [1.82, 2.24) is 0 Å². The van der Waals surface area contributed by atoms with E-state index < -0.39 is 54.9 Å². The van der Waals surface area contributed by atoms with Crippen molar-refractivity contribution in [3.05, 3.63) is 89.0 Å². The number of carbonyl (C=O) groups excluding carboxylic acids is 3. The van der Waals surface area contributed by atoms with Gasteiger partial charge < -0.3 is 43.7 Å². The standard InChI is InChI=1S/C41H57N3O12/c1-26(45)20-51-23-29(4)54-39(48)42-36-13-8-32(9-14-36)17-34-7-12-35(38(19-34)44-41(50)56-31(6)25-53-22-28(3)47)18-33-10-15-37(16-11-33)43-40(49)55-30(5)24-52-21-27(2)46/h7-16,19,26-31,45-47H,17-18,20-25H2,1-6H3,(H,42,48)(H,43,49)(H,44,50). The number of amides is 3. The molecule has 3 rings (SSSR count). The summed E-state index contributed by atoms with van der Waals surface area (Å²) in [6, 6.07) is 20.3. The largest absolute Gasteiger partial charge is 0.444 e. The molecule has 0 fully saturated rings. The maximum absolute atomic E-state index is 13.0. The van der Waals surface area contributed by atoms with Gasteiger partial charge in [-0.2, -0.15) is 0 Å². The minimum atomic E-state index is -0.661. The van der Waals surface area contributed by atoms with Crippen molar-refractivity contribution in [2.75, 3.05) is 55.6 Å². The van der Waals surface area contributed by atoms with Crippen LogP contribution in [0.1, 0.15) is 63.8 Å². The molecule has 56 heavy (non-hydrogen) atoms. The number of hydrogen-bond acceptors (Lipinski definition) is 12. The molecule has 0 heterocycles. The highest BCUT2D eigenvalue weighted by molar-refractivity contribution is 5.87. The lowest BCUT2D eigenvalue weighted by Gasteiger charge is -2.17. The molecule has 15 nitrogen and oxygen atoms in total. The Morgan fingerprint density at radius 2 is 0.839 bits per heavy atom. The number of hydrogen-bond donors (Lipinski definition) is 6. The van der Waals surface area contributed by atoms with Crippen molar-refractivity contribution < 1.29 is 58.1 Å². The summed E-state index contributed by atoms with van der Waals surface area (Å²) in [5.41, 5.74) is 5.23. The van der Waals surface area contributed by atoms with Crippen molar-refractivity contribution in [2.24, 2.45) is 0 Å². The molecule has 3 aromatic carbocycles. The molecule has 15 heteroatoms. The average Bonchev–Trinajstić information content (AvgIpc) is 3.10. The smallest absolute Gasteiger partial charge is 0.411 e. The molecule has 0 aromatic heterocycles. The van der Waals surface area contributed by atoms with Crippen LogP contribution in [0, 0.1) is 0 Å². The monoisotopic (exact) mass is 783 g/mol. The number of anilines is 3. The Labute approximate surface area is 328 Å². The highest BCUT2D eigenvalue weighted by Crippen LogP contribution is 2.25. The number of carbonyl (C=O) groups is 3. The lowest BCUT2D eigenvalue weighted by molar-refractivity contribution is -0.00108. The molecule has 0 bridgehead atoms. The predicted molar refractivity (Wildman–Crippen MR) is 211 cm³/mol. The van der Waals surface area contributed by atoms with Gasteiger partial charge in [0.15, 0.2) is 0 Å². The lowest BCUT2D eigenvalue weighted by Crippen LogP contribution is -2.26. The molecule has 3 amide bonds. The van der Waals surface area contributed by atoms with Gasteiger partial charge in [-0.3, -0.25) is 16.0 Å². The molecule has 0 aliphatic carbocycles. The van der Waals surface area contributed by atoms with Gasteiger partial charge in [-0.25, -0.2) is 14.4 Å². The summed E-state index contributed by atoms with van der Waals surface area (Å²) in [5, 5.41) is 36.4. The number of rotatable bonds is 22. The Balaban J connectivity index is 1.67. The predicted octanol–water partition coefficient (Wildman–Crippen LogP) is 5.87. The normalized spacial score (nSPS) is 14.4. The van der Waals surface area contributed by atoms with Crippen molar-refractivity contribution >= 4 is 35.3 Å². The van der Waals surface area contributed by atoms with Gasteiger partial charge in [0.05, 0.1) is 58.0 Å². The van der Waals surface area contributed by atoms with E-state index in [0.29, 0.717) is 29.9 Å². The van der Waals surface area contributed by atoms with Crippen LogP contribution in [0.2, 0.25) is 0 Å². The fourth-order valence-corrected chi connectivity index (χ4v) is 5.17. The van der Waals surface area contributed by atoms with Gasteiger partial charge in [0.2, 0.25) is 0 Å². The van der Waals surface area contributed by atoms with Crippen molar-refractivity contribution in [3.63, 3.8) is 0 Å². The van der Waals surface area contributed by atoms with E-state index in [1.807, 2.05) is 42.5 Å². The van der Waals surface area contributed by atoms with Crippen molar-refractivity contribution in [2.45, 2.75) is 91.0 Å². The van der Waals surface area contributed by atoms with Crippen LogP contribution in [0.3, 0.4) is 0 Å². The summed E-state index contributed by atoms with van der Waals surface area (Å²) in [5.74, 6) is 0. The van der Waals surface area contributed by atoms with Gasteiger partial charge in [0, 0.05) is 17.1 Å². The second kappa shape index (κ2) is 24.0. The van der Waals surface area contributed by atoms with E-state index in [0.717, 1.165) is 22.3 Å². The van der Waals surface area contributed by atoms with Crippen molar-refractivity contribution in [1.29, 1.82) is 0 Å². The van der Waals surface area contributed by atoms with Gasteiger partial charge in [-0.15, -0.1) is 0 Å². The van der Waals surface area contributed by atoms with Crippen LogP contribution in [0.15, 0.2) is 66.7 Å². The van der Waals surface area contributed by atoms with Gasteiger partial charge in [-0.1, -0.05) is 36.4 Å². The number of nitrogens with one attached hydrogen (secondary N) is 3. The summed E-state index contributed by atoms with van der Waals surface area (Å²) in [7, 11) is 0. The molecular weight excluding hydrogens is 726 g/mol. The lowest BCUT2D eigenvalue weighted by atomic mass is 9.98. The van der Waals surface area contributed by atoms with Gasteiger partial charge >= 0.3 is 18.3 Å². The fourth-order valence-electron chi connectivity index (χ4n) is 5.17. The van der Waals surface area contributed by atoms with Gasteiger partial charge in [0.25, 0.3) is 0 Å². The van der Waals surface area contributed by atoms with Crippen LogP contribution < -0.4 is 16.0 Å². The van der Waals surface area contributed by atoms with Crippen LogP contribution >= 0.6 is 0 Å². The first-order chi connectivity index (χ1) is 26.6. The first kappa shape index (κ1) is 45.6. The Morgan fingerprint density at radius 1 is 0.482 bits per heavy atom. The highest BCUT2D eigenvalue weighted by Gasteiger charge is 2.16. The van der Waals surface area contributed by atoms with Crippen LogP contribution in [0.4, 0.5) is 31.4 Å². The zero-order valence-electron chi connectivity index (χ0n) is 33.0. The molecule has 6 unspecified atom stereocenters. The maximum atomic E-state index is 13.0. The van der Waals surface area contributed by atoms with Crippen molar-refractivity contribution in [3.8, 4) is 0 Å². The van der Waals surface area contributed by atoms with E-state index in [4.69, 9.17) is 28.4 Å². The Bertz CT molecular complexity index is 1630. The summed E-state index contributed by atoms with van der Waals surface area (Å²) < 4.78 is 32.1. The molecule has 0 aliphatic rings. The number of ether oxygens (including phenoxy) is 6. The van der Waals surface area contributed by atoms with Crippen LogP contribution in [0.25, 0.3) is 0 Å². The minimum absolute atomic E-state index is 0.120. The quantitative estimate of drug-likeness (QED) is 0.0663. The summed E-state index contributed by atoms with van der Waals surface area (Å²) >= 11 is 0. The van der Waals surface area contributed by atoms with E-state index in [1.54, 1.807) is 65.8 Å². The highest BCUT2D eigenvalue weighted by atomic mass is 16.6. The fraction of sp³-hybridized carbons (Fsp3) is 0.488. The Kier molecular flexibility index (Phi) is 19.5. The molecular formula is C41H57N3O12. The van der Waals surface area contributed by atoms with Gasteiger partial charge in [-0.05, 0) is 107 Å². The third-order valence-corrected chi connectivity index (χ3v) is 7.67. The third-order valence-electron chi connectivity index (χ3n) is 7.67. The second-order valence-electron chi connectivity index (χ2n) is 13.9. The SMILES string of the molecule is CC(O)COCC(C)OC(=O)Nc1ccc(Cc2ccc(Cc3ccc(NC(=O)OC(C)COCC(C)O)cc3)c(NC(=O)OC(C)COCC(C)O)c2)cc1. The average molecular weight is 784 g/mol. The maximum Gasteiger partial charge on any atom is 0.411 e. The number of aliphatic hydroxyl groups is 3. The van der Waals surface area contributed by atoms with Crippen LogP contribution in [0.5, 0.6) is 0 Å².